The lowest BCUT2D eigenvalue weighted by atomic mass is 10.3. The molecule has 0 amide bonds. The lowest BCUT2D eigenvalue weighted by Crippen LogP contribution is -1.96. The van der Waals surface area contributed by atoms with E-state index < -0.39 is 0 Å². The average molecular weight is 188 g/mol. The molecule has 0 fully saturated rings. The van der Waals surface area contributed by atoms with Crippen molar-refractivity contribution in [2.24, 2.45) is 0 Å². The molecule has 0 bridgehead atoms. The molecular formula is C9H8N4O. The Morgan fingerprint density at radius 2 is 1.79 bits per heavy atom. The number of aromatic nitrogens is 3. The van der Waals surface area contributed by atoms with Crippen LogP contribution < -0.4 is 5.32 Å². The van der Waals surface area contributed by atoms with Crippen molar-refractivity contribution >= 4 is 11.6 Å². The van der Waals surface area contributed by atoms with Crippen molar-refractivity contribution in [2.75, 3.05) is 5.32 Å². The molecule has 0 aliphatic carbocycles. The van der Waals surface area contributed by atoms with E-state index in [2.05, 4.69) is 20.3 Å². The van der Waals surface area contributed by atoms with E-state index in [0.29, 0.717) is 11.6 Å². The zero-order valence-corrected chi connectivity index (χ0v) is 7.25. The average Bonchev–Trinajstić information content (AvgIpc) is 2.23. The number of benzene rings is 1. The third kappa shape index (κ3) is 1.77. The fraction of sp³-hybridized carbons (Fsp3) is 0. The highest BCUT2D eigenvalue weighted by Gasteiger charge is 2.00. The van der Waals surface area contributed by atoms with Crippen molar-refractivity contribution in [1.82, 2.24) is 15.0 Å². The summed E-state index contributed by atoms with van der Waals surface area (Å²) < 4.78 is 0. The fourth-order valence-corrected chi connectivity index (χ4v) is 1.00. The molecular weight excluding hydrogens is 180 g/mol. The number of nitrogens with zero attached hydrogens (tertiary/aromatic N) is 3. The molecule has 0 saturated heterocycles. The smallest absolute Gasteiger partial charge is 0.230 e. The summed E-state index contributed by atoms with van der Waals surface area (Å²) in [5.74, 6) is 0.564. The third-order valence-electron chi connectivity index (χ3n) is 1.64. The van der Waals surface area contributed by atoms with Crippen molar-refractivity contribution in [3.8, 4) is 5.75 Å². The van der Waals surface area contributed by atoms with Gasteiger partial charge in [0.1, 0.15) is 18.4 Å². The number of hydrogen-bond donors (Lipinski definition) is 2. The van der Waals surface area contributed by atoms with Crippen LogP contribution in [0.3, 0.4) is 0 Å². The topological polar surface area (TPSA) is 70.9 Å². The number of aromatic hydroxyl groups is 1. The van der Waals surface area contributed by atoms with Crippen LogP contribution in [0.15, 0.2) is 36.9 Å². The van der Waals surface area contributed by atoms with Crippen LogP contribution in [-0.2, 0) is 0 Å². The number of hydrogen-bond acceptors (Lipinski definition) is 5. The predicted octanol–water partition coefficient (Wildman–Crippen LogP) is 1.32. The van der Waals surface area contributed by atoms with Gasteiger partial charge in [0.15, 0.2) is 0 Å². The number of phenolic OH excluding ortho intramolecular Hbond substituents is 1. The molecule has 14 heavy (non-hydrogen) atoms. The Morgan fingerprint density at radius 1 is 1.07 bits per heavy atom. The summed E-state index contributed by atoms with van der Waals surface area (Å²) in [6.45, 7) is 0. The van der Waals surface area contributed by atoms with Crippen molar-refractivity contribution in [3.05, 3.63) is 36.9 Å². The first-order chi connectivity index (χ1) is 6.86. The van der Waals surface area contributed by atoms with E-state index in [-0.39, 0.29) is 5.75 Å². The first kappa shape index (κ1) is 8.43. The van der Waals surface area contributed by atoms with E-state index in [1.807, 2.05) is 6.07 Å². The monoisotopic (exact) mass is 188 g/mol. The second kappa shape index (κ2) is 3.69. The molecule has 5 heteroatoms. The van der Waals surface area contributed by atoms with Crippen LogP contribution >= 0.6 is 0 Å². The van der Waals surface area contributed by atoms with Crippen LogP contribution in [-0.4, -0.2) is 20.1 Å². The molecule has 70 valence electrons. The van der Waals surface area contributed by atoms with Crippen molar-refractivity contribution < 1.29 is 5.11 Å². The van der Waals surface area contributed by atoms with Crippen LogP contribution in [0.4, 0.5) is 11.6 Å². The molecule has 0 aliphatic rings. The highest BCUT2D eigenvalue weighted by Crippen LogP contribution is 2.23. The molecule has 5 nitrogen and oxygen atoms in total. The van der Waals surface area contributed by atoms with Gasteiger partial charge >= 0.3 is 0 Å². The Bertz CT molecular complexity index is 418. The molecule has 2 aromatic rings. The van der Waals surface area contributed by atoms with Crippen molar-refractivity contribution in [3.63, 3.8) is 0 Å². The van der Waals surface area contributed by atoms with E-state index in [1.165, 1.54) is 12.7 Å². The molecule has 2 rings (SSSR count). The van der Waals surface area contributed by atoms with Gasteiger partial charge in [0.25, 0.3) is 0 Å². The number of anilines is 2. The van der Waals surface area contributed by atoms with E-state index in [0.717, 1.165) is 0 Å². The highest BCUT2D eigenvalue weighted by atomic mass is 16.3. The highest BCUT2D eigenvalue weighted by molar-refractivity contribution is 5.61. The summed E-state index contributed by atoms with van der Waals surface area (Å²) in [4.78, 5) is 11.4. The van der Waals surface area contributed by atoms with Crippen molar-refractivity contribution in [2.45, 2.75) is 0 Å². The van der Waals surface area contributed by atoms with Gasteiger partial charge in [-0.2, -0.15) is 0 Å². The number of rotatable bonds is 2. The molecule has 0 radical (unpaired) electrons. The van der Waals surface area contributed by atoms with Gasteiger partial charge in [0, 0.05) is 0 Å². The molecule has 0 spiro atoms. The van der Waals surface area contributed by atoms with Crippen LogP contribution in [0.2, 0.25) is 0 Å². The maximum Gasteiger partial charge on any atom is 0.230 e. The summed E-state index contributed by atoms with van der Waals surface area (Å²) in [5, 5.41) is 12.3. The SMILES string of the molecule is Oc1ccccc1Nc1ncncn1. The molecule has 0 aliphatic heterocycles. The molecule has 1 heterocycles. The Kier molecular flexibility index (Phi) is 2.22. The molecule has 0 saturated carbocycles. The van der Waals surface area contributed by atoms with Crippen LogP contribution in [0, 0.1) is 0 Å². The zero-order chi connectivity index (χ0) is 9.80. The van der Waals surface area contributed by atoms with Gasteiger partial charge in [0.2, 0.25) is 5.95 Å². The Morgan fingerprint density at radius 3 is 2.50 bits per heavy atom. The second-order valence-electron chi connectivity index (χ2n) is 2.60. The minimum absolute atomic E-state index is 0.160. The normalized spacial score (nSPS) is 9.71. The van der Waals surface area contributed by atoms with E-state index >= 15 is 0 Å². The molecule has 1 aromatic heterocycles. The standard InChI is InChI=1S/C9H8N4O/c14-8-4-2-1-3-7(8)13-9-11-5-10-6-12-9/h1-6,14H,(H,10,11,12,13). The number of phenols is 1. The zero-order valence-electron chi connectivity index (χ0n) is 7.25. The van der Waals surface area contributed by atoms with Crippen molar-refractivity contribution in [1.29, 1.82) is 0 Å². The van der Waals surface area contributed by atoms with Gasteiger partial charge < -0.3 is 10.4 Å². The van der Waals surface area contributed by atoms with Crippen LogP contribution in [0.5, 0.6) is 5.75 Å². The summed E-state index contributed by atoms with van der Waals surface area (Å²) in [7, 11) is 0. The van der Waals surface area contributed by atoms with Gasteiger partial charge in [-0.15, -0.1) is 0 Å². The summed E-state index contributed by atoms with van der Waals surface area (Å²) >= 11 is 0. The van der Waals surface area contributed by atoms with E-state index in [1.54, 1.807) is 18.2 Å². The molecule has 2 N–H and O–H groups in total. The third-order valence-corrected chi connectivity index (χ3v) is 1.64. The first-order valence-corrected chi connectivity index (χ1v) is 4.03. The molecule has 1 aromatic carbocycles. The summed E-state index contributed by atoms with van der Waals surface area (Å²) in [6.07, 6.45) is 2.77. The Hall–Kier alpha value is -2.17. The van der Waals surface area contributed by atoms with E-state index in [9.17, 15) is 5.11 Å². The predicted molar refractivity (Wildman–Crippen MR) is 51.2 cm³/mol. The maximum atomic E-state index is 9.44. The van der Waals surface area contributed by atoms with Gasteiger partial charge in [-0.1, -0.05) is 12.1 Å². The number of para-hydroxylation sites is 2. The first-order valence-electron chi connectivity index (χ1n) is 4.03. The largest absolute Gasteiger partial charge is 0.506 e. The van der Waals surface area contributed by atoms with Crippen LogP contribution in [0.1, 0.15) is 0 Å². The number of nitrogens with one attached hydrogen (secondary N) is 1. The lowest BCUT2D eigenvalue weighted by molar-refractivity contribution is 0.477. The fourth-order valence-electron chi connectivity index (χ4n) is 1.00. The minimum Gasteiger partial charge on any atom is -0.506 e. The molecule has 0 atom stereocenters. The van der Waals surface area contributed by atoms with Gasteiger partial charge in [0.05, 0.1) is 5.69 Å². The molecule has 0 unspecified atom stereocenters. The Labute approximate surface area is 80.5 Å². The van der Waals surface area contributed by atoms with Gasteiger partial charge in [-0.05, 0) is 12.1 Å². The van der Waals surface area contributed by atoms with E-state index in [4.69, 9.17) is 0 Å². The van der Waals surface area contributed by atoms with Crippen LogP contribution in [0.25, 0.3) is 0 Å². The summed E-state index contributed by atoms with van der Waals surface area (Å²) in [6, 6.07) is 6.87. The minimum atomic E-state index is 0.160. The lowest BCUT2D eigenvalue weighted by Gasteiger charge is -2.04. The van der Waals surface area contributed by atoms with Gasteiger partial charge in [-0.25, -0.2) is 15.0 Å². The maximum absolute atomic E-state index is 9.44. The Balaban J connectivity index is 2.24. The summed E-state index contributed by atoms with van der Waals surface area (Å²) in [5.41, 5.74) is 0.568. The second-order valence-corrected chi connectivity index (χ2v) is 2.60. The quantitative estimate of drug-likeness (QED) is 0.695. The van der Waals surface area contributed by atoms with Gasteiger partial charge in [-0.3, -0.25) is 0 Å².